The Morgan fingerprint density at radius 1 is 1.21 bits per heavy atom. The van der Waals surface area contributed by atoms with Crippen LogP contribution in [0.5, 0.6) is 0 Å². The number of hydrogen-bond acceptors (Lipinski definition) is 4. The lowest BCUT2D eigenvalue weighted by Crippen LogP contribution is -2.43. The van der Waals surface area contributed by atoms with E-state index in [1.54, 1.807) is 0 Å². The van der Waals surface area contributed by atoms with E-state index in [1.807, 2.05) is 31.2 Å². The fourth-order valence-corrected chi connectivity index (χ4v) is 3.62. The molecule has 2 aliphatic carbocycles. The van der Waals surface area contributed by atoms with Crippen LogP contribution in [0.3, 0.4) is 0 Å². The second-order valence-electron chi connectivity index (χ2n) is 7.11. The lowest BCUT2D eigenvalue weighted by Gasteiger charge is -2.22. The summed E-state index contributed by atoms with van der Waals surface area (Å²) in [5.74, 6) is 2.38. The zero-order valence-electron chi connectivity index (χ0n) is 13.9. The highest BCUT2D eigenvalue weighted by Crippen LogP contribution is 2.50. The summed E-state index contributed by atoms with van der Waals surface area (Å²) in [5.41, 5.74) is 8.85. The van der Waals surface area contributed by atoms with Gasteiger partial charge in [-0.05, 0) is 74.6 Å². The van der Waals surface area contributed by atoms with Crippen LogP contribution in [0.1, 0.15) is 31.4 Å². The Hall–Kier alpha value is -2.14. The van der Waals surface area contributed by atoms with E-state index in [0.29, 0.717) is 17.8 Å². The van der Waals surface area contributed by atoms with Gasteiger partial charge in [-0.3, -0.25) is 4.79 Å². The van der Waals surface area contributed by atoms with Crippen LogP contribution >= 0.6 is 0 Å². The third-order valence-corrected chi connectivity index (χ3v) is 5.21. The van der Waals surface area contributed by atoms with Gasteiger partial charge in [0.2, 0.25) is 5.91 Å². The first-order chi connectivity index (χ1) is 11.6. The molecule has 3 N–H and O–H groups in total. The molecule has 126 valence electrons. The molecule has 24 heavy (non-hydrogen) atoms. The van der Waals surface area contributed by atoms with Gasteiger partial charge in [0.25, 0.3) is 0 Å². The number of nitrogens with two attached hydrogens (primary N) is 1. The molecular formula is C19H23N3O2. The van der Waals surface area contributed by atoms with E-state index in [4.69, 9.17) is 10.2 Å². The smallest absolute Gasteiger partial charge is 0.241 e. The predicted molar refractivity (Wildman–Crippen MR) is 92.2 cm³/mol. The van der Waals surface area contributed by atoms with Gasteiger partial charge in [-0.1, -0.05) is 0 Å². The Morgan fingerprint density at radius 3 is 2.33 bits per heavy atom. The second-order valence-corrected chi connectivity index (χ2v) is 7.11. The van der Waals surface area contributed by atoms with Crippen LogP contribution in [0.2, 0.25) is 0 Å². The number of nitrogens with one attached hydrogen (secondary N) is 1. The summed E-state index contributed by atoms with van der Waals surface area (Å²) in [5, 5.41) is 2.96. The van der Waals surface area contributed by atoms with E-state index in [0.717, 1.165) is 22.7 Å². The van der Waals surface area contributed by atoms with Crippen molar-refractivity contribution >= 4 is 11.6 Å². The molecule has 0 radical (unpaired) electrons. The molecule has 0 saturated heterocycles. The number of anilines is 1. The van der Waals surface area contributed by atoms with E-state index >= 15 is 0 Å². The SMILES string of the molecule is Cc1ncoc1-c1ccc(NC(=O)C(N)C(C2CC2)C2CC2)cc1. The molecule has 1 aromatic heterocycles. The van der Waals surface area contributed by atoms with Gasteiger partial charge >= 0.3 is 0 Å². The third kappa shape index (κ3) is 3.08. The van der Waals surface area contributed by atoms with E-state index in [1.165, 1.54) is 32.1 Å². The molecule has 1 unspecified atom stereocenters. The highest BCUT2D eigenvalue weighted by atomic mass is 16.3. The van der Waals surface area contributed by atoms with E-state index in [2.05, 4.69) is 10.3 Å². The molecule has 0 bridgehead atoms. The number of carbonyl (C=O) groups excluding carboxylic acids is 1. The van der Waals surface area contributed by atoms with E-state index in [-0.39, 0.29) is 5.91 Å². The van der Waals surface area contributed by atoms with Crippen LogP contribution in [0, 0.1) is 24.7 Å². The predicted octanol–water partition coefficient (Wildman–Crippen LogP) is 3.35. The molecule has 1 heterocycles. The molecule has 2 aliphatic rings. The first kappa shape index (κ1) is 15.4. The standard InChI is InChI=1S/C19H23N3O2/c1-11-18(24-10-21-11)14-6-8-15(9-7-14)22-19(23)17(20)16(12-2-3-12)13-4-5-13/h6-10,12-13,16-17H,2-5,20H2,1H3,(H,22,23). The molecule has 2 aromatic rings. The molecule has 0 spiro atoms. The second kappa shape index (κ2) is 6.06. The number of oxazole rings is 1. The third-order valence-electron chi connectivity index (χ3n) is 5.21. The Kier molecular flexibility index (Phi) is 3.88. The first-order valence-electron chi connectivity index (χ1n) is 8.70. The van der Waals surface area contributed by atoms with Crippen molar-refractivity contribution in [1.82, 2.24) is 4.98 Å². The zero-order chi connectivity index (χ0) is 16.7. The quantitative estimate of drug-likeness (QED) is 0.853. The van der Waals surface area contributed by atoms with Gasteiger partial charge in [-0.2, -0.15) is 0 Å². The van der Waals surface area contributed by atoms with Gasteiger partial charge in [-0.15, -0.1) is 0 Å². The fourth-order valence-electron chi connectivity index (χ4n) is 3.62. The summed E-state index contributed by atoms with van der Waals surface area (Å²) in [7, 11) is 0. The summed E-state index contributed by atoms with van der Waals surface area (Å²) in [4.78, 5) is 16.6. The van der Waals surface area contributed by atoms with Crippen LogP contribution in [0.25, 0.3) is 11.3 Å². The van der Waals surface area contributed by atoms with Crippen LogP contribution < -0.4 is 11.1 Å². The first-order valence-corrected chi connectivity index (χ1v) is 8.70. The number of hydrogen-bond donors (Lipinski definition) is 2. The van der Waals surface area contributed by atoms with Crippen molar-refractivity contribution in [3.8, 4) is 11.3 Å². The van der Waals surface area contributed by atoms with Gasteiger partial charge < -0.3 is 15.5 Å². The highest BCUT2D eigenvalue weighted by Gasteiger charge is 2.46. The number of amides is 1. The highest BCUT2D eigenvalue weighted by molar-refractivity contribution is 5.95. The molecule has 1 aromatic carbocycles. The Morgan fingerprint density at radius 2 is 1.83 bits per heavy atom. The Balaban J connectivity index is 1.43. The molecule has 0 aliphatic heterocycles. The summed E-state index contributed by atoms with van der Waals surface area (Å²) in [6.45, 7) is 1.91. The number of aryl methyl sites for hydroxylation is 1. The maximum Gasteiger partial charge on any atom is 0.241 e. The summed E-state index contributed by atoms with van der Waals surface area (Å²) in [6.07, 6.45) is 6.36. The van der Waals surface area contributed by atoms with Gasteiger partial charge in [0.05, 0.1) is 11.7 Å². The maximum absolute atomic E-state index is 12.5. The van der Waals surface area contributed by atoms with E-state index < -0.39 is 6.04 Å². The van der Waals surface area contributed by atoms with Gasteiger partial charge in [-0.25, -0.2) is 4.98 Å². The average Bonchev–Trinajstić information content (AvgIpc) is 3.50. The largest absolute Gasteiger partial charge is 0.443 e. The molecule has 1 amide bonds. The number of aromatic nitrogens is 1. The van der Waals surface area contributed by atoms with E-state index in [9.17, 15) is 4.79 Å². The lowest BCUT2D eigenvalue weighted by molar-refractivity contribution is -0.118. The molecule has 5 nitrogen and oxygen atoms in total. The summed E-state index contributed by atoms with van der Waals surface area (Å²) >= 11 is 0. The minimum absolute atomic E-state index is 0.0672. The number of rotatable bonds is 6. The zero-order valence-corrected chi connectivity index (χ0v) is 13.9. The van der Waals surface area contributed by atoms with Crippen LogP contribution in [0.4, 0.5) is 5.69 Å². The minimum atomic E-state index is -0.402. The molecule has 1 atom stereocenters. The topological polar surface area (TPSA) is 81.2 Å². The Labute approximate surface area is 141 Å². The maximum atomic E-state index is 12.5. The van der Waals surface area contributed by atoms with Crippen molar-refractivity contribution in [1.29, 1.82) is 0 Å². The molecule has 5 heteroatoms. The lowest BCUT2D eigenvalue weighted by atomic mass is 9.89. The van der Waals surface area contributed by atoms with Gasteiger partial charge in [0.1, 0.15) is 0 Å². The van der Waals surface area contributed by atoms with Crippen molar-refractivity contribution in [3.63, 3.8) is 0 Å². The van der Waals surface area contributed by atoms with Crippen LogP contribution in [-0.4, -0.2) is 16.9 Å². The van der Waals surface area contributed by atoms with Gasteiger partial charge in [0, 0.05) is 11.3 Å². The van der Waals surface area contributed by atoms with Crippen molar-refractivity contribution in [2.45, 2.75) is 38.6 Å². The van der Waals surface area contributed by atoms with Crippen molar-refractivity contribution in [2.75, 3.05) is 5.32 Å². The summed E-state index contributed by atoms with van der Waals surface area (Å²) in [6, 6.07) is 7.21. The Bertz CT molecular complexity index is 717. The monoisotopic (exact) mass is 325 g/mol. The van der Waals surface area contributed by atoms with Crippen LogP contribution in [-0.2, 0) is 4.79 Å². The number of benzene rings is 1. The molecule has 2 saturated carbocycles. The normalized spacial score (nSPS) is 18.6. The minimum Gasteiger partial charge on any atom is -0.443 e. The average molecular weight is 325 g/mol. The van der Waals surface area contributed by atoms with Crippen molar-refractivity contribution in [3.05, 3.63) is 36.4 Å². The fraction of sp³-hybridized carbons (Fsp3) is 0.474. The number of carbonyl (C=O) groups is 1. The van der Waals surface area contributed by atoms with Crippen molar-refractivity contribution < 1.29 is 9.21 Å². The van der Waals surface area contributed by atoms with Gasteiger partial charge in [0.15, 0.2) is 12.2 Å². The van der Waals surface area contributed by atoms with Crippen LogP contribution in [0.15, 0.2) is 35.1 Å². The molecule has 4 rings (SSSR count). The summed E-state index contributed by atoms with van der Waals surface area (Å²) < 4.78 is 5.39. The van der Waals surface area contributed by atoms with Crippen molar-refractivity contribution in [2.24, 2.45) is 23.5 Å². The molecular weight excluding hydrogens is 302 g/mol. The molecule has 2 fully saturated rings. The number of nitrogens with zero attached hydrogens (tertiary/aromatic N) is 1.